The number of aromatic amines is 2. The largest absolute Gasteiger partial charge is 0.488 e. The van der Waals surface area contributed by atoms with E-state index < -0.39 is 30.5 Å². The minimum Gasteiger partial charge on any atom is -0.488 e. The molecule has 0 bridgehead atoms. The standard InChI is InChI=1S/C48H62N8O8/c1-9-26(4)40(53-47(59)62-7)45(57)55-21-25(3)15-37(55)43-49-20-36(51-43)30-11-13-32-31(17-30)24-64-39-19-33-29(18-34(32)39)12-14-35-42(33)52-44(50-35)38-16-28(23-61-6)22-56(38)46(58)41(27(5)10-2)54-48(60)63-8/h11-14,17-20,25-28,37-38,40-41,46,58H,9-10,15-16,21-24H2,1-8H3,(H,49,51)(H,50,52)(H,53,59)(H,54,60)/t25-,26-,27-,28-,37-,38-,40-,41?,46?/m0/s1. The average Bonchev–Trinajstić information content (AvgIpc) is 4.14. The van der Waals surface area contributed by atoms with Crippen LogP contribution in [0.4, 0.5) is 9.59 Å². The van der Waals surface area contributed by atoms with Gasteiger partial charge in [0.2, 0.25) is 5.91 Å². The predicted octanol–water partition coefficient (Wildman–Crippen LogP) is 7.44. The first kappa shape index (κ1) is 44.9. The van der Waals surface area contributed by atoms with Gasteiger partial charge in [-0.3, -0.25) is 9.69 Å². The lowest BCUT2D eigenvalue weighted by Crippen LogP contribution is -2.54. The normalized spacial score (nSPS) is 22.0. The zero-order valence-electron chi connectivity index (χ0n) is 38.1. The number of likely N-dealkylation sites (tertiary alicyclic amines) is 2. The average molecular weight is 879 g/mol. The van der Waals surface area contributed by atoms with Gasteiger partial charge in [0, 0.05) is 31.1 Å². The molecule has 0 spiro atoms. The number of aliphatic hydroxyl groups excluding tert-OH is 1. The molecule has 5 aromatic rings. The maximum Gasteiger partial charge on any atom is 0.407 e. The van der Waals surface area contributed by atoms with Crippen LogP contribution < -0.4 is 15.4 Å². The second-order valence-electron chi connectivity index (χ2n) is 18.1. The number of methoxy groups -OCH3 is 3. The molecule has 0 saturated carbocycles. The summed E-state index contributed by atoms with van der Waals surface area (Å²) in [6.07, 6.45) is 2.60. The van der Waals surface area contributed by atoms with Crippen molar-refractivity contribution in [3.63, 3.8) is 0 Å². The molecule has 0 aliphatic carbocycles. The van der Waals surface area contributed by atoms with Gasteiger partial charge in [0.1, 0.15) is 36.3 Å². The second kappa shape index (κ2) is 18.8. The first-order valence-electron chi connectivity index (χ1n) is 22.6. The van der Waals surface area contributed by atoms with Crippen LogP contribution in [0.15, 0.2) is 48.7 Å². The number of amides is 3. The lowest BCUT2D eigenvalue weighted by Gasteiger charge is -2.36. The maximum atomic E-state index is 14.0. The van der Waals surface area contributed by atoms with Crippen molar-refractivity contribution in [2.75, 3.05) is 41.0 Å². The Balaban J connectivity index is 1.05. The van der Waals surface area contributed by atoms with E-state index in [0.29, 0.717) is 32.1 Å². The Morgan fingerprint density at radius 3 is 2.41 bits per heavy atom. The van der Waals surface area contributed by atoms with Crippen molar-refractivity contribution in [1.82, 2.24) is 40.4 Å². The van der Waals surface area contributed by atoms with Gasteiger partial charge in [-0.2, -0.15) is 0 Å². The van der Waals surface area contributed by atoms with Crippen LogP contribution in [0, 0.1) is 23.7 Å². The van der Waals surface area contributed by atoms with Crippen molar-refractivity contribution in [2.24, 2.45) is 23.7 Å². The number of aliphatic hydroxyl groups is 1. The third kappa shape index (κ3) is 8.62. The Kier molecular flexibility index (Phi) is 13.2. The molecule has 2 saturated heterocycles. The number of carbonyl (C=O) groups is 3. The van der Waals surface area contributed by atoms with E-state index in [-0.39, 0.29) is 41.7 Å². The number of alkyl carbamates (subject to hydrolysis) is 2. The number of ether oxygens (including phenoxy) is 4. The molecule has 3 aromatic carbocycles. The van der Waals surface area contributed by atoms with Gasteiger partial charge in [0.05, 0.1) is 61.9 Å². The molecular formula is C48H62N8O8. The van der Waals surface area contributed by atoms with Crippen LogP contribution in [0.1, 0.15) is 89.6 Å². The minimum atomic E-state index is -0.982. The number of carbonyl (C=O) groups excluding carboxylic acids is 3. The molecule has 9 atom stereocenters. The number of imidazole rings is 2. The molecule has 3 amide bonds. The third-order valence-electron chi connectivity index (χ3n) is 13.9. The van der Waals surface area contributed by atoms with Crippen LogP contribution in [0.2, 0.25) is 0 Å². The number of nitrogens with zero attached hydrogens (tertiary/aromatic N) is 4. The minimum absolute atomic E-state index is 0.0136. The number of hydrogen-bond acceptors (Lipinski definition) is 11. The molecule has 3 aliphatic rings. The summed E-state index contributed by atoms with van der Waals surface area (Å²) >= 11 is 0. The van der Waals surface area contributed by atoms with Crippen LogP contribution >= 0.6 is 0 Å². The van der Waals surface area contributed by atoms with Crippen LogP contribution in [0.5, 0.6) is 5.75 Å². The van der Waals surface area contributed by atoms with Crippen molar-refractivity contribution in [1.29, 1.82) is 0 Å². The van der Waals surface area contributed by atoms with E-state index in [4.69, 9.17) is 28.9 Å². The van der Waals surface area contributed by atoms with Gasteiger partial charge in [-0.15, -0.1) is 0 Å². The Morgan fingerprint density at radius 1 is 0.906 bits per heavy atom. The van der Waals surface area contributed by atoms with Gasteiger partial charge < -0.3 is 49.6 Å². The van der Waals surface area contributed by atoms with Crippen molar-refractivity contribution >= 4 is 39.9 Å². The van der Waals surface area contributed by atoms with Crippen molar-refractivity contribution in [3.8, 4) is 28.1 Å². The maximum absolute atomic E-state index is 14.0. The molecule has 16 heteroatoms. The highest BCUT2D eigenvalue weighted by Crippen LogP contribution is 2.44. The Labute approximate surface area is 373 Å². The van der Waals surface area contributed by atoms with Crippen molar-refractivity contribution < 1.29 is 38.4 Å². The number of nitrogens with one attached hydrogen (secondary N) is 4. The Hall–Kier alpha value is -5.71. The third-order valence-corrected chi connectivity index (χ3v) is 13.9. The fourth-order valence-corrected chi connectivity index (χ4v) is 9.92. The first-order valence-corrected chi connectivity index (χ1v) is 22.6. The molecule has 64 heavy (non-hydrogen) atoms. The summed E-state index contributed by atoms with van der Waals surface area (Å²) in [5.41, 5.74) is 6.63. The molecule has 16 nitrogen and oxygen atoms in total. The topological polar surface area (TPSA) is 196 Å². The summed E-state index contributed by atoms with van der Waals surface area (Å²) in [6.45, 7) is 12.2. The molecule has 5 N–H and O–H groups in total. The summed E-state index contributed by atoms with van der Waals surface area (Å²) in [4.78, 5) is 59.5. The number of fused-ring (bicyclic) bond motifs is 6. The molecule has 342 valence electrons. The van der Waals surface area contributed by atoms with E-state index in [2.05, 4.69) is 63.9 Å². The SMILES string of the molecule is CC[C@H](C)C(NC(=O)OC)C(O)N1C[C@@H](COC)C[C@H]1c1nc2ccc3cc4c(cc3c2[nH]1)OCc1cc(-c2cnc([C@@H]3C[C@H](C)CN3C(=O)[C@@H](NC(=O)OC)[C@@H](C)CC)[nH]2)ccc1-4. The van der Waals surface area contributed by atoms with Gasteiger partial charge in [0.15, 0.2) is 0 Å². The Bertz CT molecular complexity index is 2500. The van der Waals surface area contributed by atoms with E-state index in [1.807, 2.05) is 49.8 Å². The second-order valence-corrected chi connectivity index (χ2v) is 18.1. The summed E-state index contributed by atoms with van der Waals surface area (Å²) in [7, 11) is 4.32. The summed E-state index contributed by atoms with van der Waals surface area (Å²) in [6, 6.07) is 13.0. The number of benzene rings is 3. The zero-order chi connectivity index (χ0) is 45.4. The van der Waals surface area contributed by atoms with Crippen LogP contribution in [-0.4, -0.2) is 112 Å². The smallest absolute Gasteiger partial charge is 0.407 e. The van der Waals surface area contributed by atoms with Crippen molar-refractivity contribution in [3.05, 3.63) is 65.9 Å². The van der Waals surface area contributed by atoms with Gasteiger partial charge in [0.25, 0.3) is 0 Å². The monoisotopic (exact) mass is 878 g/mol. The summed E-state index contributed by atoms with van der Waals surface area (Å²) < 4.78 is 21.8. The number of aromatic nitrogens is 4. The molecule has 8 rings (SSSR count). The highest BCUT2D eigenvalue weighted by Gasteiger charge is 2.43. The fourth-order valence-electron chi connectivity index (χ4n) is 9.92. The molecule has 5 heterocycles. The number of rotatable bonds is 14. The van der Waals surface area contributed by atoms with E-state index >= 15 is 0 Å². The molecule has 2 aromatic heterocycles. The molecular weight excluding hydrogens is 817 g/mol. The van der Waals surface area contributed by atoms with Gasteiger partial charge in [-0.05, 0) is 82.9 Å². The van der Waals surface area contributed by atoms with Crippen LogP contribution in [-0.2, 0) is 25.6 Å². The highest BCUT2D eigenvalue weighted by molar-refractivity contribution is 6.07. The number of hydrogen-bond donors (Lipinski definition) is 5. The zero-order valence-corrected chi connectivity index (χ0v) is 38.1. The van der Waals surface area contributed by atoms with Gasteiger partial charge in [-0.1, -0.05) is 65.7 Å². The first-order chi connectivity index (χ1) is 30.8. The summed E-state index contributed by atoms with van der Waals surface area (Å²) in [5, 5.41) is 19.6. The molecule has 2 unspecified atom stereocenters. The van der Waals surface area contributed by atoms with E-state index in [0.717, 1.165) is 87.0 Å². The Morgan fingerprint density at radius 2 is 1.67 bits per heavy atom. The van der Waals surface area contributed by atoms with Gasteiger partial charge >= 0.3 is 12.2 Å². The van der Waals surface area contributed by atoms with Crippen LogP contribution in [0.25, 0.3) is 44.2 Å². The highest BCUT2D eigenvalue weighted by atomic mass is 16.5. The molecule has 2 fully saturated rings. The van der Waals surface area contributed by atoms with E-state index in [9.17, 15) is 19.5 Å². The molecule has 0 radical (unpaired) electrons. The lowest BCUT2D eigenvalue weighted by molar-refractivity contribution is -0.135. The predicted molar refractivity (Wildman–Crippen MR) is 242 cm³/mol. The fraction of sp³-hybridized carbons (Fsp3) is 0.521. The van der Waals surface area contributed by atoms with E-state index in [1.165, 1.54) is 14.2 Å². The summed E-state index contributed by atoms with van der Waals surface area (Å²) in [5.74, 6) is 2.43. The van der Waals surface area contributed by atoms with E-state index in [1.54, 1.807) is 7.11 Å². The molecule has 3 aliphatic heterocycles. The van der Waals surface area contributed by atoms with Gasteiger partial charge in [-0.25, -0.2) is 19.6 Å². The quantitative estimate of drug-likeness (QED) is 0.0744. The lowest BCUT2D eigenvalue weighted by atomic mass is 9.92. The van der Waals surface area contributed by atoms with Crippen LogP contribution in [0.3, 0.4) is 0 Å². The van der Waals surface area contributed by atoms with Crippen molar-refractivity contribution in [2.45, 2.75) is 97.3 Å². The number of H-pyrrole nitrogens is 2.